The highest BCUT2D eigenvalue weighted by Gasteiger charge is 2.44. The fourth-order valence-electron chi connectivity index (χ4n) is 5.55. The molecule has 1 aliphatic heterocycles. The lowest BCUT2D eigenvalue weighted by Crippen LogP contribution is -2.59. The van der Waals surface area contributed by atoms with Gasteiger partial charge in [0, 0.05) is 13.0 Å². The third-order valence-electron chi connectivity index (χ3n) is 8.80. The number of carbonyl (C=O) groups is 1. The van der Waals surface area contributed by atoms with Gasteiger partial charge in [0.25, 0.3) is 0 Å². The van der Waals surface area contributed by atoms with Crippen LogP contribution in [-0.4, -0.2) is 89.6 Å². The minimum Gasteiger partial charge on any atom is -0.457 e. The number of carbonyl (C=O) groups excluding carboxylic acids is 1. The van der Waals surface area contributed by atoms with Crippen LogP contribution in [0, 0.1) is 0 Å². The van der Waals surface area contributed by atoms with Gasteiger partial charge in [-0.1, -0.05) is 131 Å². The number of aliphatic hydroxyl groups excluding tert-OH is 4. The van der Waals surface area contributed by atoms with Crippen molar-refractivity contribution in [2.24, 2.45) is 0 Å². The molecule has 0 spiro atoms. The molecule has 6 atom stereocenters. The zero-order valence-electron chi connectivity index (χ0n) is 33.4. The van der Waals surface area contributed by atoms with Crippen molar-refractivity contribution < 1.29 is 44.2 Å². The molecule has 9 nitrogen and oxygen atoms in total. The molecule has 0 aromatic carbocycles. The summed E-state index contributed by atoms with van der Waals surface area (Å²) in [5.41, 5.74) is 0. The molecule has 1 rings (SSSR count). The van der Waals surface area contributed by atoms with Gasteiger partial charge in [0.2, 0.25) is 0 Å². The first-order valence-corrected chi connectivity index (χ1v) is 20.7. The molecule has 0 amide bonds. The number of esters is 1. The average Bonchev–Trinajstić information content (AvgIpc) is 3.17. The minimum absolute atomic E-state index is 0.0959. The molecular formula is C45H74O9. The number of rotatable bonds is 33. The Kier molecular flexibility index (Phi) is 33.0. The van der Waals surface area contributed by atoms with Gasteiger partial charge < -0.3 is 39.4 Å². The monoisotopic (exact) mass is 759 g/mol. The van der Waals surface area contributed by atoms with Crippen molar-refractivity contribution in [3.8, 4) is 0 Å². The zero-order chi connectivity index (χ0) is 39.3. The molecule has 0 aliphatic carbocycles. The zero-order valence-corrected chi connectivity index (χ0v) is 33.4. The molecule has 0 saturated carbocycles. The Hall–Kier alpha value is -2.63. The molecule has 1 saturated heterocycles. The van der Waals surface area contributed by atoms with Crippen LogP contribution in [0.3, 0.4) is 0 Å². The normalized spacial score (nSPS) is 21.8. The van der Waals surface area contributed by atoms with Gasteiger partial charge in [0.1, 0.15) is 30.5 Å². The van der Waals surface area contributed by atoms with Crippen LogP contribution in [0.1, 0.15) is 129 Å². The number of aliphatic hydroxyl groups is 4. The fourth-order valence-corrected chi connectivity index (χ4v) is 5.55. The highest BCUT2D eigenvalue weighted by atomic mass is 16.7. The highest BCUT2D eigenvalue weighted by molar-refractivity contribution is 5.69. The molecule has 1 heterocycles. The van der Waals surface area contributed by atoms with E-state index in [2.05, 4.69) is 98.9 Å². The maximum atomic E-state index is 12.7. The van der Waals surface area contributed by atoms with Crippen LogP contribution in [0.5, 0.6) is 0 Å². The summed E-state index contributed by atoms with van der Waals surface area (Å²) in [4.78, 5) is 12.7. The first-order chi connectivity index (χ1) is 26.4. The summed E-state index contributed by atoms with van der Waals surface area (Å²) in [6, 6.07) is 0. The largest absolute Gasteiger partial charge is 0.457 e. The van der Waals surface area contributed by atoms with Gasteiger partial charge >= 0.3 is 5.97 Å². The summed E-state index contributed by atoms with van der Waals surface area (Å²) in [6.07, 6.45) is 40.5. The average molecular weight is 759 g/mol. The predicted octanol–water partition coefficient (Wildman–Crippen LogP) is 8.69. The van der Waals surface area contributed by atoms with Crippen molar-refractivity contribution in [2.75, 3.05) is 26.4 Å². The van der Waals surface area contributed by atoms with Gasteiger partial charge in [-0.05, 0) is 77.0 Å². The van der Waals surface area contributed by atoms with Crippen molar-refractivity contribution in [3.63, 3.8) is 0 Å². The van der Waals surface area contributed by atoms with E-state index in [-0.39, 0.29) is 25.6 Å². The Morgan fingerprint density at radius 3 is 1.72 bits per heavy atom. The maximum absolute atomic E-state index is 12.7. The van der Waals surface area contributed by atoms with Gasteiger partial charge in [-0.15, -0.1) is 0 Å². The molecule has 1 aliphatic rings. The second kappa shape index (κ2) is 36.0. The van der Waals surface area contributed by atoms with Crippen molar-refractivity contribution >= 4 is 5.97 Å². The molecular weight excluding hydrogens is 684 g/mol. The van der Waals surface area contributed by atoms with E-state index < -0.39 is 43.4 Å². The lowest BCUT2D eigenvalue weighted by atomic mass is 9.99. The molecule has 4 N–H and O–H groups in total. The fraction of sp³-hybridized carbons (Fsp3) is 0.667. The Labute approximate surface area is 327 Å². The van der Waals surface area contributed by atoms with Crippen molar-refractivity contribution in [3.05, 3.63) is 85.1 Å². The van der Waals surface area contributed by atoms with Crippen molar-refractivity contribution in [1.82, 2.24) is 0 Å². The summed E-state index contributed by atoms with van der Waals surface area (Å²) in [7, 11) is 0. The van der Waals surface area contributed by atoms with Crippen LogP contribution in [0.2, 0.25) is 0 Å². The Balaban J connectivity index is 2.35. The van der Waals surface area contributed by atoms with Crippen LogP contribution in [-0.2, 0) is 23.7 Å². The Bertz CT molecular complexity index is 1090. The first kappa shape index (κ1) is 49.4. The van der Waals surface area contributed by atoms with Gasteiger partial charge in [0.05, 0.1) is 19.8 Å². The van der Waals surface area contributed by atoms with Crippen molar-refractivity contribution in [1.29, 1.82) is 0 Å². The van der Waals surface area contributed by atoms with Crippen LogP contribution in [0.15, 0.2) is 85.1 Å². The molecule has 54 heavy (non-hydrogen) atoms. The summed E-state index contributed by atoms with van der Waals surface area (Å²) in [5.74, 6) is -0.349. The number of hydrogen-bond donors (Lipinski definition) is 4. The van der Waals surface area contributed by atoms with E-state index in [1.54, 1.807) is 0 Å². The van der Waals surface area contributed by atoms with Crippen molar-refractivity contribution in [2.45, 2.75) is 166 Å². The van der Waals surface area contributed by atoms with Crippen LogP contribution >= 0.6 is 0 Å². The quantitative estimate of drug-likeness (QED) is 0.0295. The second-order valence-electron chi connectivity index (χ2n) is 13.7. The van der Waals surface area contributed by atoms with E-state index in [0.29, 0.717) is 6.61 Å². The number of hydrogen-bond acceptors (Lipinski definition) is 9. The van der Waals surface area contributed by atoms with Gasteiger partial charge in [-0.3, -0.25) is 4.79 Å². The van der Waals surface area contributed by atoms with Crippen LogP contribution < -0.4 is 0 Å². The number of unbranched alkanes of at least 4 members (excludes halogenated alkanes) is 8. The molecule has 9 heteroatoms. The van der Waals surface area contributed by atoms with E-state index in [4.69, 9.17) is 18.9 Å². The van der Waals surface area contributed by atoms with E-state index >= 15 is 0 Å². The third-order valence-corrected chi connectivity index (χ3v) is 8.80. The van der Waals surface area contributed by atoms with Gasteiger partial charge in [-0.25, -0.2) is 0 Å². The number of ether oxygens (including phenoxy) is 4. The summed E-state index contributed by atoms with van der Waals surface area (Å²) in [5, 5.41) is 40.0. The second-order valence-corrected chi connectivity index (χ2v) is 13.7. The molecule has 1 fully saturated rings. The topological polar surface area (TPSA) is 135 Å². The molecule has 6 unspecified atom stereocenters. The predicted molar refractivity (Wildman–Crippen MR) is 219 cm³/mol. The molecule has 0 aromatic heterocycles. The summed E-state index contributed by atoms with van der Waals surface area (Å²) >= 11 is 0. The van der Waals surface area contributed by atoms with E-state index in [1.807, 2.05) is 0 Å². The Morgan fingerprint density at radius 1 is 0.611 bits per heavy atom. The lowest BCUT2D eigenvalue weighted by Gasteiger charge is -2.39. The smallest absolute Gasteiger partial charge is 0.306 e. The molecule has 308 valence electrons. The maximum Gasteiger partial charge on any atom is 0.306 e. The SMILES string of the molecule is CC/C=C\C/C=C\C/C=C\C/C=C\C/C=C\C/C=C\CCCOCC(COC1OC(CO)C(O)C(O)C1O)OC(=O)CCCCCCC/C=C\CCCC. The number of allylic oxidation sites excluding steroid dienone is 14. The Morgan fingerprint density at radius 2 is 1.13 bits per heavy atom. The molecule has 0 bridgehead atoms. The van der Waals surface area contributed by atoms with Gasteiger partial charge in [-0.2, -0.15) is 0 Å². The summed E-state index contributed by atoms with van der Waals surface area (Å²) in [6.45, 7) is 4.21. The van der Waals surface area contributed by atoms with Crippen LogP contribution in [0.4, 0.5) is 0 Å². The van der Waals surface area contributed by atoms with E-state index in [0.717, 1.165) is 96.3 Å². The standard InChI is InChI=1S/C45H74O9/c1-3-5-7-9-11-13-15-16-17-18-19-20-21-22-23-25-27-29-31-33-35-51-37-39(38-52-45-44(50)43(49)42(48)40(36-46)54-45)53-41(47)34-32-30-28-26-24-14-12-10-8-6-4-2/h5,7,10-13,16-17,19-20,22-23,27,29,39-40,42-46,48-50H,3-4,6,8-9,14-15,18,21,24-26,28,30-38H2,1-2H3/b7-5-,12-10-,13-11-,17-16-,20-19-,23-22-,29-27-. The van der Waals surface area contributed by atoms with Crippen LogP contribution in [0.25, 0.3) is 0 Å². The first-order valence-electron chi connectivity index (χ1n) is 20.7. The van der Waals surface area contributed by atoms with E-state index in [9.17, 15) is 25.2 Å². The summed E-state index contributed by atoms with van der Waals surface area (Å²) < 4.78 is 22.6. The minimum atomic E-state index is -1.55. The van der Waals surface area contributed by atoms with E-state index in [1.165, 1.54) is 12.8 Å². The highest BCUT2D eigenvalue weighted by Crippen LogP contribution is 2.22. The third kappa shape index (κ3) is 27.0. The molecule has 0 aromatic rings. The lowest BCUT2D eigenvalue weighted by molar-refractivity contribution is -0.305. The van der Waals surface area contributed by atoms with Gasteiger partial charge in [0.15, 0.2) is 6.29 Å². The molecule has 0 radical (unpaired) electrons.